The minimum Gasteiger partial charge on any atom is -0.357 e. The van der Waals surface area contributed by atoms with E-state index in [4.69, 9.17) is 10.5 Å². The Morgan fingerprint density at radius 2 is 1.95 bits per heavy atom. The van der Waals surface area contributed by atoms with Crippen molar-refractivity contribution >= 4 is 17.0 Å². The molecule has 104 valence electrons. The number of hydrogen-bond acceptors (Lipinski definition) is 5. The van der Waals surface area contributed by atoms with E-state index in [-0.39, 0.29) is 11.0 Å². The summed E-state index contributed by atoms with van der Waals surface area (Å²) < 4.78 is 0. The van der Waals surface area contributed by atoms with Crippen LogP contribution in [0.5, 0.6) is 0 Å². The highest BCUT2D eigenvalue weighted by atomic mass is 32.1. The second-order valence-corrected chi connectivity index (χ2v) is 6.48. The Morgan fingerprint density at radius 1 is 1.24 bits per heavy atom. The Bertz CT molecular complexity index is 715. The van der Waals surface area contributed by atoms with E-state index in [0.29, 0.717) is 24.0 Å². The number of nitriles is 3. The van der Waals surface area contributed by atoms with E-state index in [1.807, 2.05) is 29.0 Å². The van der Waals surface area contributed by atoms with Gasteiger partial charge in [0.2, 0.25) is 0 Å². The summed E-state index contributed by atoms with van der Waals surface area (Å²) in [6, 6.07) is 7.92. The fraction of sp³-hybridized carbons (Fsp3) is 0.312. The van der Waals surface area contributed by atoms with Crippen molar-refractivity contribution in [3.05, 3.63) is 39.2 Å². The molecule has 0 saturated carbocycles. The van der Waals surface area contributed by atoms with Gasteiger partial charge in [0.15, 0.2) is 0 Å². The van der Waals surface area contributed by atoms with Gasteiger partial charge < -0.3 is 5.32 Å². The molecule has 0 aliphatic heterocycles. The van der Waals surface area contributed by atoms with Gasteiger partial charge >= 0.3 is 0 Å². The highest BCUT2D eigenvalue weighted by molar-refractivity contribution is 7.08. The SMILES string of the molecule is CC1(C)CC(Nc2ccsc2)=C(C#N)C(=C(C#N)C#N)C1. The quantitative estimate of drug-likeness (QED) is 0.832. The van der Waals surface area contributed by atoms with Gasteiger partial charge in [-0.2, -0.15) is 27.1 Å². The minimum absolute atomic E-state index is 0.0314. The molecule has 5 heteroatoms. The topological polar surface area (TPSA) is 83.4 Å². The Labute approximate surface area is 128 Å². The number of hydrogen-bond donors (Lipinski definition) is 1. The zero-order chi connectivity index (χ0) is 15.5. The van der Waals surface area contributed by atoms with Gasteiger partial charge in [-0.15, -0.1) is 0 Å². The van der Waals surface area contributed by atoms with Crippen LogP contribution in [0.3, 0.4) is 0 Å². The second-order valence-electron chi connectivity index (χ2n) is 5.70. The summed E-state index contributed by atoms with van der Waals surface area (Å²) >= 11 is 1.57. The van der Waals surface area contributed by atoms with Crippen molar-refractivity contribution in [2.45, 2.75) is 26.7 Å². The molecule has 0 atom stereocenters. The smallest absolute Gasteiger partial charge is 0.134 e. The highest BCUT2D eigenvalue weighted by Gasteiger charge is 2.32. The van der Waals surface area contributed by atoms with Crippen LogP contribution in [0.15, 0.2) is 39.2 Å². The van der Waals surface area contributed by atoms with Gasteiger partial charge in [0.1, 0.15) is 23.8 Å². The first kappa shape index (κ1) is 14.9. The molecule has 1 N–H and O–H groups in total. The third-order valence-electron chi connectivity index (χ3n) is 3.37. The first-order valence-electron chi connectivity index (χ1n) is 6.47. The molecule has 0 amide bonds. The van der Waals surface area contributed by atoms with Crippen molar-refractivity contribution in [2.75, 3.05) is 5.32 Å². The van der Waals surface area contributed by atoms with E-state index < -0.39 is 0 Å². The lowest BCUT2D eigenvalue weighted by atomic mass is 9.73. The van der Waals surface area contributed by atoms with Crippen LogP contribution in [-0.2, 0) is 0 Å². The molecule has 0 saturated heterocycles. The summed E-state index contributed by atoms with van der Waals surface area (Å²) in [6.45, 7) is 4.14. The van der Waals surface area contributed by atoms with Crippen molar-refractivity contribution in [1.29, 1.82) is 15.8 Å². The zero-order valence-electron chi connectivity index (χ0n) is 11.9. The van der Waals surface area contributed by atoms with Crippen molar-refractivity contribution < 1.29 is 0 Å². The summed E-state index contributed by atoms with van der Waals surface area (Å²) in [7, 11) is 0. The molecule has 1 aromatic rings. The standard InChI is InChI=1S/C16H14N4S/c1-16(2)5-13(11(7-17)8-18)14(9-19)15(6-16)20-12-3-4-21-10-12/h3-4,10,20H,5-6H2,1-2H3. The molecule has 21 heavy (non-hydrogen) atoms. The summed E-state index contributed by atoms with van der Waals surface area (Å²) in [5, 5.41) is 34.9. The van der Waals surface area contributed by atoms with Crippen molar-refractivity contribution in [3.8, 4) is 18.2 Å². The van der Waals surface area contributed by atoms with Gasteiger partial charge in [-0.3, -0.25) is 0 Å². The molecule has 1 aliphatic rings. The Hall–Kier alpha value is -2.55. The van der Waals surface area contributed by atoms with Crippen LogP contribution in [0.4, 0.5) is 5.69 Å². The Balaban J connectivity index is 2.58. The third kappa shape index (κ3) is 3.14. The number of nitrogens with one attached hydrogen (secondary N) is 1. The van der Waals surface area contributed by atoms with Gasteiger partial charge in [-0.05, 0) is 29.7 Å². The molecular formula is C16H14N4S. The molecule has 0 spiro atoms. The summed E-state index contributed by atoms with van der Waals surface area (Å²) in [6.07, 6.45) is 1.26. The van der Waals surface area contributed by atoms with E-state index in [0.717, 1.165) is 11.4 Å². The number of allylic oxidation sites excluding steroid dienone is 4. The Kier molecular flexibility index (Phi) is 4.13. The van der Waals surface area contributed by atoms with Crippen LogP contribution in [0.25, 0.3) is 0 Å². The number of nitrogens with zero attached hydrogens (tertiary/aromatic N) is 3. The van der Waals surface area contributed by atoms with Crippen LogP contribution < -0.4 is 5.32 Å². The summed E-state index contributed by atoms with van der Waals surface area (Å²) in [5.41, 5.74) is 2.62. The van der Waals surface area contributed by atoms with E-state index in [2.05, 4.69) is 25.2 Å². The largest absolute Gasteiger partial charge is 0.357 e. The predicted molar refractivity (Wildman–Crippen MR) is 81.8 cm³/mol. The maximum atomic E-state index is 9.47. The predicted octanol–water partition coefficient (Wildman–Crippen LogP) is 4.10. The van der Waals surface area contributed by atoms with Gasteiger partial charge in [-0.1, -0.05) is 13.8 Å². The molecule has 0 unspecified atom stereocenters. The van der Waals surface area contributed by atoms with Gasteiger partial charge in [0.05, 0.1) is 5.57 Å². The normalized spacial score (nSPS) is 16.6. The maximum absolute atomic E-state index is 9.47. The average molecular weight is 294 g/mol. The molecule has 0 fully saturated rings. The van der Waals surface area contributed by atoms with Gasteiger partial charge in [0.25, 0.3) is 0 Å². The molecule has 1 aliphatic carbocycles. The average Bonchev–Trinajstić information content (AvgIpc) is 2.92. The molecule has 4 nitrogen and oxygen atoms in total. The zero-order valence-corrected chi connectivity index (χ0v) is 12.7. The molecule has 0 radical (unpaired) electrons. The number of rotatable bonds is 2. The molecule has 2 rings (SSSR count). The first-order chi connectivity index (χ1) is 10.0. The summed E-state index contributed by atoms with van der Waals surface area (Å²) in [4.78, 5) is 0. The van der Waals surface area contributed by atoms with E-state index >= 15 is 0 Å². The van der Waals surface area contributed by atoms with Gasteiger partial charge in [0, 0.05) is 22.3 Å². The van der Waals surface area contributed by atoms with Gasteiger partial charge in [-0.25, -0.2) is 0 Å². The monoisotopic (exact) mass is 294 g/mol. The number of anilines is 1. The van der Waals surface area contributed by atoms with Crippen molar-refractivity contribution in [1.82, 2.24) is 0 Å². The minimum atomic E-state index is -0.104. The van der Waals surface area contributed by atoms with E-state index in [9.17, 15) is 5.26 Å². The molecular weight excluding hydrogens is 280 g/mol. The van der Waals surface area contributed by atoms with Crippen LogP contribution >= 0.6 is 11.3 Å². The summed E-state index contributed by atoms with van der Waals surface area (Å²) in [5.74, 6) is 0. The molecule has 1 aromatic heterocycles. The number of thiophene rings is 1. The fourth-order valence-corrected chi connectivity index (χ4v) is 3.09. The van der Waals surface area contributed by atoms with Crippen LogP contribution in [0, 0.1) is 39.4 Å². The first-order valence-corrected chi connectivity index (χ1v) is 7.41. The lowest BCUT2D eigenvalue weighted by Gasteiger charge is -2.33. The van der Waals surface area contributed by atoms with Crippen LogP contribution in [-0.4, -0.2) is 0 Å². The van der Waals surface area contributed by atoms with Crippen molar-refractivity contribution in [2.24, 2.45) is 5.41 Å². The molecule has 0 bridgehead atoms. The molecule has 0 aromatic carbocycles. The van der Waals surface area contributed by atoms with Crippen LogP contribution in [0.1, 0.15) is 26.7 Å². The van der Waals surface area contributed by atoms with E-state index in [1.165, 1.54) is 0 Å². The highest BCUT2D eigenvalue weighted by Crippen LogP contribution is 2.43. The lowest BCUT2D eigenvalue weighted by Crippen LogP contribution is -2.24. The fourth-order valence-electron chi connectivity index (χ4n) is 2.50. The lowest BCUT2D eigenvalue weighted by molar-refractivity contribution is 0.349. The second kappa shape index (κ2) is 5.83. The molecule has 1 heterocycles. The van der Waals surface area contributed by atoms with Crippen molar-refractivity contribution in [3.63, 3.8) is 0 Å². The maximum Gasteiger partial charge on any atom is 0.134 e. The van der Waals surface area contributed by atoms with Crippen LogP contribution in [0.2, 0.25) is 0 Å². The Morgan fingerprint density at radius 3 is 2.48 bits per heavy atom. The van der Waals surface area contributed by atoms with E-state index in [1.54, 1.807) is 11.3 Å². The third-order valence-corrected chi connectivity index (χ3v) is 4.05.